The molecule has 47 heavy (non-hydrogen) atoms. The molecule has 0 radical (unpaired) electrons. The Kier molecular flexibility index (Phi) is 6.41. The van der Waals surface area contributed by atoms with E-state index in [9.17, 15) is 0 Å². The van der Waals surface area contributed by atoms with E-state index in [1.165, 1.54) is 64.7 Å². The molecule has 1 aliphatic rings. The molecule has 7 aromatic carbocycles. The number of benzene rings is 7. The van der Waals surface area contributed by atoms with Gasteiger partial charge in [-0.25, -0.2) is 0 Å². The van der Waals surface area contributed by atoms with Crippen LogP contribution in [0.1, 0.15) is 25.0 Å². The monoisotopic (exact) mass is 619 g/mol. The lowest BCUT2D eigenvalue weighted by Gasteiger charge is -2.26. The molecule has 0 N–H and O–H groups in total. The van der Waals surface area contributed by atoms with Gasteiger partial charge in [-0.3, -0.25) is 0 Å². The van der Waals surface area contributed by atoms with Crippen molar-refractivity contribution in [2.75, 3.05) is 4.90 Å². The summed E-state index contributed by atoms with van der Waals surface area (Å²) < 4.78 is 2.67. The Hall–Kier alpha value is -5.44. The maximum atomic E-state index is 2.39. The number of hydrogen-bond donors (Lipinski definition) is 0. The molecule has 0 spiro atoms. The Morgan fingerprint density at radius 1 is 0.404 bits per heavy atom. The van der Waals surface area contributed by atoms with Gasteiger partial charge in [-0.1, -0.05) is 117 Å². The molecule has 0 saturated carbocycles. The van der Waals surface area contributed by atoms with Crippen molar-refractivity contribution in [3.63, 3.8) is 0 Å². The zero-order valence-corrected chi connectivity index (χ0v) is 27.3. The molecule has 0 unspecified atom stereocenters. The summed E-state index contributed by atoms with van der Waals surface area (Å²) in [7, 11) is 0. The Morgan fingerprint density at radius 3 is 1.89 bits per heavy atom. The van der Waals surface area contributed by atoms with Crippen LogP contribution in [-0.4, -0.2) is 0 Å². The molecule has 224 valence electrons. The van der Waals surface area contributed by atoms with Crippen molar-refractivity contribution in [2.45, 2.75) is 19.3 Å². The lowest BCUT2D eigenvalue weighted by atomic mass is 9.82. The zero-order valence-electron chi connectivity index (χ0n) is 26.4. The molecule has 0 atom stereocenters. The van der Waals surface area contributed by atoms with E-state index in [0.717, 1.165) is 17.1 Å². The van der Waals surface area contributed by atoms with Crippen LogP contribution in [-0.2, 0) is 5.41 Å². The fourth-order valence-corrected chi connectivity index (χ4v) is 8.54. The number of para-hydroxylation sites is 1. The van der Waals surface area contributed by atoms with Crippen LogP contribution in [0, 0.1) is 0 Å². The fourth-order valence-electron chi connectivity index (χ4n) is 7.46. The second kappa shape index (κ2) is 10.8. The number of nitrogens with zero attached hydrogens (tertiary/aromatic N) is 1. The highest BCUT2D eigenvalue weighted by molar-refractivity contribution is 7.25. The van der Waals surface area contributed by atoms with Crippen LogP contribution < -0.4 is 4.90 Å². The average Bonchev–Trinajstić information content (AvgIpc) is 3.61. The molecule has 2 heteroatoms. The van der Waals surface area contributed by atoms with Gasteiger partial charge < -0.3 is 4.90 Å². The summed E-state index contributed by atoms with van der Waals surface area (Å²) in [6.45, 7) is 4.67. The third-order valence-corrected chi connectivity index (χ3v) is 11.0. The van der Waals surface area contributed by atoms with Gasteiger partial charge in [0.1, 0.15) is 0 Å². The first kappa shape index (κ1) is 27.8. The van der Waals surface area contributed by atoms with Gasteiger partial charge in [-0.05, 0) is 105 Å². The molecule has 9 rings (SSSR count). The summed E-state index contributed by atoms with van der Waals surface area (Å²) in [6, 6.07) is 60.1. The summed E-state index contributed by atoms with van der Waals surface area (Å²) >= 11 is 1.86. The zero-order chi connectivity index (χ0) is 31.5. The molecule has 1 aromatic heterocycles. The number of thiophene rings is 1. The molecule has 0 fully saturated rings. The molecule has 0 saturated heterocycles. The van der Waals surface area contributed by atoms with Gasteiger partial charge in [0.25, 0.3) is 0 Å². The molecule has 1 aliphatic carbocycles. The van der Waals surface area contributed by atoms with Crippen LogP contribution in [0.4, 0.5) is 17.1 Å². The van der Waals surface area contributed by atoms with E-state index in [1.807, 2.05) is 11.3 Å². The second-order valence-corrected chi connectivity index (χ2v) is 14.1. The van der Waals surface area contributed by atoms with Crippen LogP contribution in [0.3, 0.4) is 0 Å². The summed E-state index contributed by atoms with van der Waals surface area (Å²) in [5, 5.41) is 2.66. The summed E-state index contributed by atoms with van der Waals surface area (Å²) in [5.74, 6) is 0. The third-order valence-electron chi connectivity index (χ3n) is 9.87. The average molecular weight is 620 g/mol. The predicted octanol–water partition coefficient (Wildman–Crippen LogP) is 13.2. The minimum absolute atomic E-state index is 0.00578. The van der Waals surface area contributed by atoms with Gasteiger partial charge in [0.2, 0.25) is 0 Å². The number of hydrogen-bond acceptors (Lipinski definition) is 2. The van der Waals surface area contributed by atoms with Crippen molar-refractivity contribution < 1.29 is 0 Å². The topological polar surface area (TPSA) is 3.24 Å². The summed E-state index contributed by atoms with van der Waals surface area (Å²) in [6.07, 6.45) is 0. The van der Waals surface area contributed by atoms with Crippen molar-refractivity contribution in [1.29, 1.82) is 0 Å². The van der Waals surface area contributed by atoms with E-state index in [2.05, 4.69) is 183 Å². The van der Waals surface area contributed by atoms with E-state index in [-0.39, 0.29) is 5.41 Å². The summed E-state index contributed by atoms with van der Waals surface area (Å²) in [4.78, 5) is 2.36. The highest BCUT2D eigenvalue weighted by atomic mass is 32.1. The first-order valence-corrected chi connectivity index (χ1v) is 17.1. The van der Waals surface area contributed by atoms with Gasteiger partial charge in [0, 0.05) is 42.6 Å². The maximum Gasteiger partial charge on any atom is 0.0467 e. The Morgan fingerprint density at radius 2 is 1.02 bits per heavy atom. The third kappa shape index (κ3) is 4.60. The Bertz CT molecular complexity index is 2430. The fraction of sp³-hybridized carbons (Fsp3) is 0.0667. The van der Waals surface area contributed by atoms with E-state index >= 15 is 0 Å². The maximum absolute atomic E-state index is 2.39. The number of anilines is 3. The predicted molar refractivity (Wildman–Crippen MR) is 202 cm³/mol. The van der Waals surface area contributed by atoms with E-state index < -0.39 is 0 Å². The van der Waals surface area contributed by atoms with Crippen molar-refractivity contribution in [3.8, 4) is 33.4 Å². The standard InChI is InChI=1S/C45H33NS/c1-45(2)41-17-8-6-15-37(41)39-28-33(21-25-42(39)45)31-11-10-14-36(27-31)46(34-12-4-3-5-13-34)35-23-19-30(20-24-35)32-22-26-44-40(29-32)38-16-7-9-18-43(38)47-44/h3-29H,1-2H3. The lowest BCUT2D eigenvalue weighted by Crippen LogP contribution is -2.14. The normalized spacial score (nSPS) is 13.1. The van der Waals surface area contributed by atoms with Crippen molar-refractivity contribution in [1.82, 2.24) is 0 Å². The van der Waals surface area contributed by atoms with E-state index in [4.69, 9.17) is 0 Å². The van der Waals surface area contributed by atoms with Gasteiger partial charge >= 0.3 is 0 Å². The highest BCUT2D eigenvalue weighted by Gasteiger charge is 2.35. The largest absolute Gasteiger partial charge is 0.310 e. The van der Waals surface area contributed by atoms with Crippen molar-refractivity contribution >= 4 is 48.6 Å². The molecule has 1 heterocycles. The SMILES string of the molecule is CC1(C)c2ccccc2-c2cc(-c3cccc(N(c4ccccc4)c4ccc(-c5ccc6sc7ccccc7c6c5)cc4)c3)ccc21. The molecule has 1 nitrogen and oxygen atoms in total. The molecule has 8 aromatic rings. The van der Waals surface area contributed by atoms with Gasteiger partial charge in [-0.2, -0.15) is 0 Å². The van der Waals surface area contributed by atoms with Crippen LogP contribution in [0.2, 0.25) is 0 Å². The van der Waals surface area contributed by atoms with Crippen LogP contribution in [0.5, 0.6) is 0 Å². The minimum Gasteiger partial charge on any atom is -0.310 e. The first-order chi connectivity index (χ1) is 23.0. The van der Waals surface area contributed by atoms with E-state index in [1.54, 1.807) is 0 Å². The summed E-state index contributed by atoms with van der Waals surface area (Å²) in [5.41, 5.74) is 13.8. The van der Waals surface area contributed by atoms with Crippen LogP contribution in [0.15, 0.2) is 164 Å². The highest BCUT2D eigenvalue weighted by Crippen LogP contribution is 2.49. The number of rotatable bonds is 5. The molecule has 0 amide bonds. The van der Waals surface area contributed by atoms with Gasteiger partial charge in [0.15, 0.2) is 0 Å². The molecule has 0 aliphatic heterocycles. The van der Waals surface area contributed by atoms with Crippen molar-refractivity contribution in [3.05, 3.63) is 175 Å². The first-order valence-electron chi connectivity index (χ1n) is 16.3. The smallest absolute Gasteiger partial charge is 0.0467 e. The minimum atomic E-state index is 0.00578. The quantitative estimate of drug-likeness (QED) is 0.185. The van der Waals surface area contributed by atoms with E-state index in [0.29, 0.717) is 0 Å². The molecular formula is C45H33NS. The lowest BCUT2D eigenvalue weighted by molar-refractivity contribution is 0.660. The number of fused-ring (bicyclic) bond motifs is 6. The molecule has 0 bridgehead atoms. The van der Waals surface area contributed by atoms with Crippen LogP contribution >= 0.6 is 11.3 Å². The Labute approximate surface area is 280 Å². The van der Waals surface area contributed by atoms with Gasteiger partial charge in [-0.15, -0.1) is 11.3 Å². The van der Waals surface area contributed by atoms with Gasteiger partial charge in [0.05, 0.1) is 0 Å². The molecular weight excluding hydrogens is 587 g/mol. The van der Waals surface area contributed by atoms with Crippen LogP contribution in [0.25, 0.3) is 53.6 Å². The van der Waals surface area contributed by atoms with Crippen molar-refractivity contribution in [2.24, 2.45) is 0 Å². The second-order valence-electron chi connectivity index (χ2n) is 13.0. The Balaban J connectivity index is 1.10.